The number of rotatable bonds is 4. The zero-order valence-electron chi connectivity index (χ0n) is 11.9. The van der Waals surface area contributed by atoms with Crippen LogP contribution >= 0.6 is 0 Å². The molecule has 0 spiro atoms. The van der Waals surface area contributed by atoms with Crippen molar-refractivity contribution >= 4 is 5.91 Å². The van der Waals surface area contributed by atoms with Gasteiger partial charge in [0.25, 0.3) is 0 Å². The molecule has 1 heterocycles. The largest absolute Gasteiger partial charge is 0.406 e. The van der Waals surface area contributed by atoms with Crippen LogP contribution in [0.15, 0.2) is 30.3 Å². The van der Waals surface area contributed by atoms with E-state index in [9.17, 15) is 18.0 Å². The average molecular weight is 300 g/mol. The van der Waals surface area contributed by atoms with E-state index in [2.05, 4.69) is 5.32 Å². The molecule has 1 amide bonds. The SMILES string of the molecule is C[C@@H]1CNC[C@H]1C(=O)N(Cc1ccccc1)CC(F)(F)F. The van der Waals surface area contributed by atoms with Crippen LogP contribution in [-0.2, 0) is 11.3 Å². The van der Waals surface area contributed by atoms with Crippen molar-refractivity contribution in [3.63, 3.8) is 0 Å². The molecule has 1 aliphatic heterocycles. The number of hydrogen-bond donors (Lipinski definition) is 1. The summed E-state index contributed by atoms with van der Waals surface area (Å²) >= 11 is 0. The normalized spacial score (nSPS) is 22.3. The molecule has 0 radical (unpaired) electrons. The van der Waals surface area contributed by atoms with Crippen LogP contribution in [0.5, 0.6) is 0 Å². The highest BCUT2D eigenvalue weighted by Gasteiger charge is 2.38. The van der Waals surface area contributed by atoms with E-state index in [4.69, 9.17) is 0 Å². The second-order valence-corrected chi connectivity index (χ2v) is 5.54. The monoisotopic (exact) mass is 300 g/mol. The maximum Gasteiger partial charge on any atom is 0.406 e. The Balaban J connectivity index is 2.13. The molecule has 3 nitrogen and oxygen atoms in total. The van der Waals surface area contributed by atoms with Gasteiger partial charge in [-0.2, -0.15) is 13.2 Å². The van der Waals surface area contributed by atoms with Crippen LogP contribution in [0.4, 0.5) is 13.2 Å². The molecule has 1 aliphatic rings. The summed E-state index contributed by atoms with van der Waals surface area (Å²) in [4.78, 5) is 13.3. The maximum atomic E-state index is 12.7. The third-order valence-corrected chi connectivity index (χ3v) is 3.73. The highest BCUT2D eigenvalue weighted by molar-refractivity contribution is 5.79. The van der Waals surface area contributed by atoms with E-state index >= 15 is 0 Å². The number of carbonyl (C=O) groups excluding carboxylic acids is 1. The van der Waals surface area contributed by atoms with Crippen molar-refractivity contribution in [3.05, 3.63) is 35.9 Å². The molecule has 1 aromatic rings. The summed E-state index contributed by atoms with van der Waals surface area (Å²) < 4.78 is 38.2. The lowest BCUT2D eigenvalue weighted by Gasteiger charge is -2.28. The lowest BCUT2D eigenvalue weighted by molar-refractivity contribution is -0.165. The summed E-state index contributed by atoms with van der Waals surface area (Å²) in [6.07, 6.45) is -4.39. The fourth-order valence-corrected chi connectivity index (χ4v) is 2.61. The van der Waals surface area contributed by atoms with Crippen molar-refractivity contribution in [2.45, 2.75) is 19.6 Å². The van der Waals surface area contributed by atoms with Crippen LogP contribution in [0, 0.1) is 11.8 Å². The van der Waals surface area contributed by atoms with Gasteiger partial charge in [0.15, 0.2) is 0 Å². The number of halogens is 3. The first-order valence-corrected chi connectivity index (χ1v) is 6.97. The quantitative estimate of drug-likeness (QED) is 0.926. The summed E-state index contributed by atoms with van der Waals surface area (Å²) in [5.41, 5.74) is 0.703. The number of hydrogen-bond acceptors (Lipinski definition) is 2. The minimum absolute atomic E-state index is 0.0115. The number of alkyl halides is 3. The van der Waals surface area contributed by atoms with Gasteiger partial charge >= 0.3 is 6.18 Å². The van der Waals surface area contributed by atoms with Gasteiger partial charge in [-0.05, 0) is 18.0 Å². The summed E-state index contributed by atoms with van der Waals surface area (Å²) in [5, 5.41) is 3.06. The van der Waals surface area contributed by atoms with Gasteiger partial charge in [0.1, 0.15) is 6.54 Å². The fourth-order valence-electron chi connectivity index (χ4n) is 2.61. The fraction of sp³-hybridized carbons (Fsp3) is 0.533. The minimum Gasteiger partial charge on any atom is -0.329 e. The topological polar surface area (TPSA) is 32.3 Å². The van der Waals surface area contributed by atoms with Crippen molar-refractivity contribution in [2.75, 3.05) is 19.6 Å². The number of nitrogens with zero attached hydrogens (tertiary/aromatic N) is 1. The molecule has 0 unspecified atom stereocenters. The summed E-state index contributed by atoms with van der Waals surface area (Å²) in [6, 6.07) is 8.76. The van der Waals surface area contributed by atoms with Crippen LogP contribution in [0.25, 0.3) is 0 Å². The van der Waals surface area contributed by atoms with Crippen LogP contribution in [0.2, 0.25) is 0 Å². The smallest absolute Gasteiger partial charge is 0.329 e. The van der Waals surface area contributed by atoms with Gasteiger partial charge in [0, 0.05) is 13.1 Å². The molecule has 21 heavy (non-hydrogen) atoms. The summed E-state index contributed by atoms with van der Waals surface area (Å²) in [7, 11) is 0. The highest BCUT2D eigenvalue weighted by atomic mass is 19.4. The summed E-state index contributed by atoms with van der Waals surface area (Å²) in [5.74, 6) is -0.742. The van der Waals surface area contributed by atoms with Gasteiger partial charge in [-0.1, -0.05) is 37.3 Å². The van der Waals surface area contributed by atoms with Gasteiger partial charge in [0.05, 0.1) is 5.92 Å². The third-order valence-electron chi connectivity index (χ3n) is 3.73. The number of nitrogens with one attached hydrogen (secondary N) is 1. The molecule has 0 aliphatic carbocycles. The first kappa shape index (κ1) is 15.8. The standard InChI is InChI=1S/C15H19F3N2O/c1-11-7-19-8-13(11)14(21)20(10-15(16,17)18)9-12-5-3-2-4-6-12/h2-6,11,13,19H,7-10H2,1H3/t11-,13-/m1/s1. The van der Waals surface area contributed by atoms with Gasteiger partial charge in [-0.25, -0.2) is 0 Å². The van der Waals surface area contributed by atoms with E-state index in [1.807, 2.05) is 6.92 Å². The van der Waals surface area contributed by atoms with Crippen molar-refractivity contribution in [3.8, 4) is 0 Å². The Morgan fingerprint density at radius 1 is 1.29 bits per heavy atom. The van der Waals surface area contributed by atoms with Crippen LogP contribution in [0.1, 0.15) is 12.5 Å². The number of carbonyl (C=O) groups is 1. The van der Waals surface area contributed by atoms with Crippen molar-refractivity contribution in [2.24, 2.45) is 11.8 Å². The van der Waals surface area contributed by atoms with Crippen LogP contribution < -0.4 is 5.32 Å². The molecule has 0 bridgehead atoms. The van der Waals surface area contributed by atoms with E-state index in [0.29, 0.717) is 18.7 Å². The molecule has 116 valence electrons. The Morgan fingerprint density at radius 2 is 1.95 bits per heavy atom. The molecule has 2 rings (SSSR count). The molecule has 0 aromatic heterocycles. The summed E-state index contributed by atoms with van der Waals surface area (Å²) in [6.45, 7) is 1.79. The molecule has 1 saturated heterocycles. The number of amides is 1. The van der Waals surface area contributed by atoms with Crippen molar-refractivity contribution in [1.29, 1.82) is 0 Å². The minimum atomic E-state index is -4.39. The Bertz CT molecular complexity index is 476. The van der Waals surface area contributed by atoms with E-state index in [0.717, 1.165) is 4.90 Å². The second kappa shape index (κ2) is 6.47. The van der Waals surface area contributed by atoms with Crippen LogP contribution in [-0.4, -0.2) is 36.6 Å². The molecular weight excluding hydrogens is 281 g/mol. The Morgan fingerprint density at radius 3 is 2.48 bits per heavy atom. The van der Waals surface area contributed by atoms with E-state index in [-0.39, 0.29) is 18.4 Å². The van der Waals surface area contributed by atoms with Gasteiger partial charge in [-0.3, -0.25) is 4.79 Å². The first-order chi connectivity index (χ1) is 9.87. The van der Waals surface area contributed by atoms with E-state index in [1.54, 1.807) is 30.3 Å². The van der Waals surface area contributed by atoms with Gasteiger partial charge < -0.3 is 10.2 Å². The molecule has 1 fully saturated rings. The predicted molar refractivity (Wildman–Crippen MR) is 73.4 cm³/mol. The zero-order chi connectivity index (χ0) is 15.5. The highest BCUT2D eigenvalue weighted by Crippen LogP contribution is 2.24. The molecule has 0 saturated carbocycles. The van der Waals surface area contributed by atoms with Crippen molar-refractivity contribution < 1.29 is 18.0 Å². The Hall–Kier alpha value is -1.56. The molecule has 2 atom stereocenters. The molecule has 1 N–H and O–H groups in total. The molecule has 1 aromatic carbocycles. The lowest BCUT2D eigenvalue weighted by Crippen LogP contribution is -2.43. The van der Waals surface area contributed by atoms with E-state index in [1.165, 1.54) is 0 Å². The average Bonchev–Trinajstić information content (AvgIpc) is 2.83. The zero-order valence-corrected chi connectivity index (χ0v) is 11.9. The van der Waals surface area contributed by atoms with Crippen molar-refractivity contribution in [1.82, 2.24) is 10.2 Å². The Kier molecular flexibility index (Phi) is 4.88. The lowest BCUT2D eigenvalue weighted by atomic mass is 9.96. The molecule has 6 heteroatoms. The second-order valence-electron chi connectivity index (χ2n) is 5.54. The first-order valence-electron chi connectivity index (χ1n) is 6.97. The van der Waals surface area contributed by atoms with Gasteiger partial charge in [-0.15, -0.1) is 0 Å². The van der Waals surface area contributed by atoms with Gasteiger partial charge in [0.2, 0.25) is 5.91 Å². The Labute approximate surface area is 122 Å². The van der Waals surface area contributed by atoms with Crippen LogP contribution in [0.3, 0.4) is 0 Å². The maximum absolute atomic E-state index is 12.7. The number of benzene rings is 1. The third kappa shape index (κ3) is 4.46. The molecular formula is C15H19F3N2O. The van der Waals surface area contributed by atoms with E-state index < -0.39 is 18.6 Å². The predicted octanol–water partition coefficient (Wildman–Crippen LogP) is 2.43.